The summed E-state index contributed by atoms with van der Waals surface area (Å²) in [5, 5.41) is 2.84. The summed E-state index contributed by atoms with van der Waals surface area (Å²) >= 11 is 5.66. The molecule has 1 unspecified atom stereocenters. The third-order valence-electron chi connectivity index (χ3n) is 4.17. The molecule has 1 atom stereocenters. The van der Waals surface area contributed by atoms with Crippen molar-refractivity contribution >= 4 is 72.1 Å². The van der Waals surface area contributed by atoms with Crippen molar-refractivity contribution in [3.63, 3.8) is 0 Å². The average molecular weight is 650 g/mol. The number of hydrogen-bond acceptors (Lipinski definition) is 3. The summed E-state index contributed by atoms with van der Waals surface area (Å²) in [5.74, 6) is -0.265. The van der Waals surface area contributed by atoms with Crippen LogP contribution in [0.2, 0.25) is 0 Å². The number of anilines is 1. The average Bonchev–Trinajstić information content (AvgIpc) is 3.28. The van der Waals surface area contributed by atoms with Crippen molar-refractivity contribution in [3.8, 4) is 0 Å². The normalized spacial score (nSPS) is 18.8. The Hall–Kier alpha value is -1.07. The van der Waals surface area contributed by atoms with Gasteiger partial charge in [0.1, 0.15) is 0 Å². The summed E-state index contributed by atoms with van der Waals surface area (Å²) in [4.78, 5) is 27.6. The molecule has 2 aromatic rings. The maximum atomic E-state index is 13.1. The van der Waals surface area contributed by atoms with Crippen LogP contribution >= 0.6 is 49.0 Å². The molecule has 4 rings (SSSR count). The Balaban J connectivity index is 0.000000691. The van der Waals surface area contributed by atoms with Crippen molar-refractivity contribution in [2.45, 2.75) is 46.5 Å². The summed E-state index contributed by atoms with van der Waals surface area (Å²) in [5.41, 5.74) is 3.28. The van der Waals surface area contributed by atoms with Crippen molar-refractivity contribution in [2.75, 3.05) is 4.90 Å². The SMILES string of the molecule is CC.CC.CC1NC(=O)/C(=C2/C(=O)N(Cc3ccccc3)c3ccccc32)S1.II. The number of halogens is 2. The zero-order valence-corrected chi connectivity index (χ0v) is 23.0. The van der Waals surface area contributed by atoms with Crippen LogP contribution < -0.4 is 10.2 Å². The van der Waals surface area contributed by atoms with Gasteiger partial charge in [0.15, 0.2) is 0 Å². The Morgan fingerprint density at radius 2 is 1.50 bits per heavy atom. The van der Waals surface area contributed by atoms with Crippen LogP contribution in [0.5, 0.6) is 0 Å². The van der Waals surface area contributed by atoms with Gasteiger partial charge >= 0.3 is 0 Å². The summed E-state index contributed by atoms with van der Waals surface area (Å²) < 4.78 is 0. The first kappa shape index (κ1) is 27.0. The summed E-state index contributed by atoms with van der Waals surface area (Å²) in [7, 11) is 0. The largest absolute Gasteiger partial charge is 0.340 e. The van der Waals surface area contributed by atoms with Gasteiger partial charge in [0, 0.05) is 42.8 Å². The lowest BCUT2D eigenvalue weighted by Gasteiger charge is -2.17. The topological polar surface area (TPSA) is 49.4 Å². The van der Waals surface area contributed by atoms with Gasteiger partial charge in [-0.1, -0.05) is 88.0 Å². The van der Waals surface area contributed by atoms with E-state index in [1.807, 2.05) is 89.2 Å². The molecule has 0 spiro atoms. The van der Waals surface area contributed by atoms with E-state index in [1.54, 1.807) is 4.90 Å². The number of benzene rings is 2. The van der Waals surface area contributed by atoms with E-state index in [0.29, 0.717) is 17.0 Å². The van der Waals surface area contributed by atoms with Crippen LogP contribution in [0.25, 0.3) is 5.57 Å². The molecule has 2 amide bonds. The Morgan fingerprint density at radius 3 is 2.07 bits per heavy atom. The molecule has 2 heterocycles. The smallest absolute Gasteiger partial charge is 0.260 e. The van der Waals surface area contributed by atoms with Crippen LogP contribution in [0, 0.1) is 0 Å². The molecule has 0 aliphatic carbocycles. The highest BCUT2D eigenvalue weighted by Gasteiger charge is 2.38. The fraction of sp³-hybridized carbons (Fsp3) is 0.304. The van der Waals surface area contributed by atoms with E-state index in [4.69, 9.17) is 0 Å². The highest BCUT2D eigenvalue weighted by atomic mass is 128. The predicted octanol–water partition coefficient (Wildman–Crippen LogP) is 6.98. The van der Waals surface area contributed by atoms with Crippen molar-refractivity contribution in [1.29, 1.82) is 0 Å². The molecule has 0 aromatic heterocycles. The fourth-order valence-corrected chi connectivity index (χ4v) is 4.11. The first-order valence-electron chi connectivity index (χ1n) is 9.96. The molecule has 7 heteroatoms. The first-order chi connectivity index (χ1) is 14.6. The molecule has 1 fully saturated rings. The number of carbonyl (C=O) groups excluding carboxylic acids is 2. The number of para-hydroxylation sites is 1. The number of thioether (sulfide) groups is 1. The van der Waals surface area contributed by atoms with Crippen LogP contribution in [0.3, 0.4) is 0 Å². The van der Waals surface area contributed by atoms with E-state index in [-0.39, 0.29) is 17.2 Å². The van der Waals surface area contributed by atoms with Gasteiger partial charge in [0.25, 0.3) is 11.8 Å². The minimum Gasteiger partial charge on any atom is -0.340 e. The highest BCUT2D eigenvalue weighted by Crippen LogP contribution is 2.43. The van der Waals surface area contributed by atoms with Gasteiger partial charge in [-0.25, -0.2) is 0 Å². The zero-order valence-electron chi connectivity index (χ0n) is 17.9. The lowest BCUT2D eigenvalue weighted by Crippen LogP contribution is -2.26. The lowest BCUT2D eigenvalue weighted by molar-refractivity contribution is -0.117. The number of fused-ring (bicyclic) bond motifs is 1. The third kappa shape index (κ3) is 6.23. The number of hydrogen-bond donors (Lipinski definition) is 1. The van der Waals surface area contributed by atoms with Gasteiger partial charge in [-0.3, -0.25) is 9.59 Å². The second kappa shape index (κ2) is 14.1. The minimum atomic E-state index is -0.160. The highest BCUT2D eigenvalue weighted by molar-refractivity contribution is 15.0. The molecule has 30 heavy (non-hydrogen) atoms. The number of carbonyl (C=O) groups is 2. The van der Waals surface area contributed by atoms with Gasteiger partial charge in [0.05, 0.1) is 28.1 Å². The van der Waals surface area contributed by atoms with Crippen molar-refractivity contribution in [3.05, 3.63) is 70.6 Å². The Kier molecular flexibility index (Phi) is 12.7. The Labute approximate surface area is 207 Å². The monoisotopic (exact) mass is 650 g/mol. The molecular weight excluding hydrogens is 622 g/mol. The van der Waals surface area contributed by atoms with E-state index in [1.165, 1.54) is 11.8 Å². The zero-order chi connectivity index (χ0) is 22.7. The Bertz CT molecular complexity index is 873. The van der Waals surface area contributed by atoms with Gasteiger partial charge < -0.3 is 10.2 Å². The van der Waals surface area contributed by atoms with Gasteiger partial charge in [-0.2, -0.15) is 0 Å². The quantitative estimate of drug-likeness (QED) is 0.282. The van der Waals surface area contributed by atoms with E-state index >= 15 is 0 Å². The van der Waals surface area contributed by atoms with Crippen molar-refractivity contribution < 1.29 is 9.59 Å². The molecule has 162 valence electrons. The van der Waals surface area contributed by atoms with Crippen molar-refractivity contribution in [1.82, 2.24) is 5.32 Å². The molecule has 0 bridgehead atoms. The van der Waals surface area contributed by atoms with Crippen molar-refractivity contribution in [2.24, 2.45) is 0 Å². The molecule has 0 radical (unpaired) electrons. The summed E-state index contributed by atoms with van der Waals surface area (Å²) in [6.07, 6.45) is 0. The van der Waals surface area contributed by atoms with Gasteiger partial charge in [-0.05, 0) is 18.6 Å². The second-order valence-corrected chi connectivity index (χ2v) is 7.18. The number of nitrogens with one attached hydrogen (secondary N) is 1. The van der Waals surface area contributed by atoms with Crippen LogP contribution in [0.4, 0.5) is 5.69 Å². The molecule has 2 aromatic carbocycles. The molecule has 0 saturated carbocycles. The number of rotatable bonds is 2. The second-order valence-electron chi connectivity index (χ2n) is 5.83. The summed E-state index contributed by atoms with van der Waals surface area (Å²) in [6, 6.07) is 17.5. The standard InChI is InChI=1S/C19H16N2O2S.2C2H6.I2/c1-12-20-18(22)17(24-12)16-14-9-5-6-10-15(14)21(19(16)23)11-13-7-3-2-4-8-13;3*1-2/h2-10,12H,11H2,1H3,(H,20,22);2*1-2H3;/b17-16-;;;. The van der Waals surface area contributed by atoms with Crippen LogP contribution in [0.1, 0.15) is 45.7 Å². The van der Waals surface area contributed by atoms with Gasteiger partial charge in [-0.15, -0.1) is 0 Å². The van der Waals surface area contributed by atoms with Crippen LogP contribution in [0.15, 0.2) is 59.5 Å². The number of nitrogens with zero attached hydrogens (tertiary/aromatic N) is 1. The lowest BCUT2D eigenvalue weighted by atomic mass is 10.1. The number of amides is 2. The molecule has 4 nitrogen and oxygen atoms in total. The van der Waals surface area contributed by atoms with Crippen LogP contribution in [-0.4, -0.2) is 17.2 Å². The third-order valence-corrected chi connectivity index (χ3v) is 5.27. The maximum Gasteiger partial charge on any atom is 0.260 e. The van der Waals surface area contributed by atoms with Gasteiger partial charge in [0.2, 0.25) is 0 Å². The predicted molar refractivity (Wildman–Crippen MR) is 147 cm³/mol. The molecule has 1 N–H and O–H groups in total. The van der Waals surface area contributed by atoms with E-state index in [0.717, 1.165) is 16.8 Å². The summed E-state index contributed by atoms with van der Waals surface area (Å²) in [6.45, 7) is 10.4. The molecule has 2 aliphatic heterocycles. The molecular formula is C23H28I2N2O2S. The Morgan fingerprint density at radius 1 is 0.933 bits per heavy atom. The van der Waals surface area contributed by atoms with Crippen LogP contribution in [-0.2, 0) is 16.1 Å². The molecule has 2 aliphatic rings. The van der Waals surface area contributed by atoms with E-state index in [2.05, 4.69) is 42.5 Å². The minimum absolute atomic E-state index is 0.0110. The fourth-order valence-electron chi connectivity index (χ4n) is 3.10. The molecule has 1 saturated heterocycles. The maximum absolute atomic E-state index is 13.1. The first-order valence-corrected chi connectivity index (χ1v) is 17.1. The van der Waals surface area contributed by atoms with E-state index in [9.17, 15) is 9.59 Å². The van der Waals surface area contributed by atoms with E-state index < -0.39 is 0 Å².